The molecule has 0 unspecified atom stereocenters. The van der Waals surface area contributed by atoms with Gasteiger partial charge in [0.25, 0.3) is 0 Å². The average Bonchev–Trinajstić information content (AvgIpc) is 2.75. The normalized spacial score (nSPS) is 17.5. The van der Waals surface area contributed by atoms with E-state index in [-0.39, 0.29) is 18.9 Å². The predicted molar refractivity (Wildman–Crippen MR) is 121 cm³/mol. The van der Waals surface area contributed by atoms with Gasteiger partial charge in [-0.1, -0.05) is 26.2 Å². The Labute approximate surface area is 183 Å². The molecule has 0 bridgehead atoms. The van der Waals surface area contributed by atoms with Gasteiger partial charge in [-0.15, -0.1) is 0 Å². The fraction of sp³-hybridized carbons (Fsp3) is 0.957. The van der Waals surface area contributed by atoms with Crippen molar-refractivity contribution in [2.75, 3.05) is 52.9 Å². The summed E-state index contributed by atoms with van der Waals surface area (Å²) >= 11 is 0. The SMILES string of the molecule is CCCCCCN(CCCC(=O)N1CCC(CNC)CC1)CC[C@@H](O)C[C@H](O)CO. The van der Waals surface area contributed by atoms with E-state index in [1.165, 1.54) is 19.3 Å². The van der Waals surface area contributed by atoms with Gasteiger partial charge in [0.1, 0.15) is 0 Å². The molecule has 1 heterocycles. The van der Waals surface area contributed by atoms with Crippen LogP contribution in [-0.4, -0.2) is 96.2 Å². The van der Waals surface area contributed by atoms with Crippen LogP contribution in [0.5, 0.6) is 0 Å². The maximum atomic E-state index is 12.6. The molecule has 178 valence electrons. The molecule has 1 aliphatic heterocycles. The van der Waals surface area contributed by atoms with Crippen LogP contribution in [0.2, 0.25) is 0 Å². The monoisotopic (exact) mass is 429 g/mol. The Hall–Kier alpha value is -0.730. The van der Waals surface area contributed by atoms with Gasteiger partial charge in [0.2, 0.25) is 5.91 Å². The van der Waals surface area contributed by atoms with Crippen LogP contribution in [0.25, 0.3) is 0 Å². The van der Waals surface area contributed by atoms with Crippen LogP contribution < -0.4 is 5.32 Å². The molecule has 7 nitrogen and oxygen atoms in total. The van der Waals surface area contributed by atoms with Gasteiger partial charge in [-0.05, 0) is 64.7 Å². The molecule has 0 aromatic rings. The first-order chi connectivity index (χ1) is 14.5. The van der Waals surface area contributed by atoms with Crippen LogP contribution in [-0.2, 0) is 4.79 Å². The van der Waals surface area contributed by atoms with Crippen molar-refractivity contribution in [1.29, 1.82) is 0 Å². The third-order valence-electron chi connectivity index (χ3n) is 6.19. The van der Waals surface area contributed by atoms with E-state index in [1.54, 1.807) is 0 Å². The van der Waals surface area contributed by atoms with Crippen molar-refractivity contribution in [3.63, 3.8) is 0 Å². The second-order valence-electron chi connectivity index (χ2n) is 8.90. The quantitative estimate of drug-likeness (QED) is 0.262. The summed E-state index contributed by atoms with van der Waals surface area (Å²) in [5, 5.41) is 31.8. The minimum absolute atomic E-state index is 0.210. The number of nitrogens with zero attached hydrogens (tertiary/aromatic N) is 2. The Bertz CT molecular complexity index is 431. The fourth-order valence-corrected chi connectivity index (χ4v) is 4.22. The number of amides is 1. The van der Waals surface area contributed by atoms with Gasteiger partial charge >= 0.3 is 0 Å². The van der Waals surface area contributed by atoms with Gasteiger partial charge in [-0.3, -0.25) is 4.79 Å². The number of hydrogen-bond acceptors (Lipinski definition) is 6. The molecule has 1 aliphatic rings. The molecule has 30 heavy (non-hydrogen) atoms. The van der Waals surface area contributed by atoms with Crippen LogP contribution in [0.3, 0.4) is 0 Å². The molecule has 0 spiro atoms. The minimum atomic E-state index is -0.854. The van der Waals surface area contributed by atoms with E-state index in [4.69, 9.17) is 5.11 Å². The number of piperidine rings is 1. The van der Waals surface area contributed by atoms with Crippen molar-refractivity contribution < 1.29 is 20.1 Å². The number of likely N-dealkylation sites (tertiary alicyclic amines) is 1. The van der Waals surface area contributed by atoms with Crippen molar-refractivity contribution >= 4 is 5.91 Å². The highest BCUT2D eigenvalue weighted by molar-refractivity contribution is 5.76. The second kappa shape index (κ2) is 16.9. The molecule has 0 radical (unpaired) electrons. The largest absolute Gasteiger partial charge is 0.394 e. The first-order valence-electron chi connectivity index (χ1n) is 12.1. The van der Waals surface area contributed by atoms with Crippen LogP contribution in [0.4, 0.5) is 0 Å². The first-order valence-corrected chi connectivity index (χ1v) is 12.1. The Morgan fingerprint density at radius 3 is 2.40 bits per heavy atom. The van der Waals surface area contributed by atoms with Crippen molar-refractivity contribution in [2.45, 2.75) is 83.3 Å². The van der Waals surface area contributed by atoms with Crippen molar-refractivity contribution in [3.8, 4) is 0 Å². The zero-order valence-corrected chi connectivity index (χ0v) is 19.4. The van der Waals surface area contributed by atoms with Gasteiger partial charge in [0.15, 0.2) is 0 Å². The lowest BCUT2D eigenvalue weighted by Gasteiger charge is -2.32. The van der Waals surface area contributed by atoms with Gasteiger partial charge in [-0.2, -0.15) is 0 Å². The smallest absolute Gasteiger partial charge is 0.222 e. The summed E-state index contributed by atoms with van der Waals surface area (Å²) in [6, 6.07) is 0. The highest BCUT2D eigenvalue weighted by Gasteiger charge is 2.22. The Balaban J connectivity index is 2.34. The minimum Gasteiger partial charge on any atom is -0.394 e. The van der Waals surface area contributed by atoms with Crippen molar-refractivity contribution in [1.82, 2.24) is 15.1 Å². The summed E-state index contributed by atoms with van der Waals surface area (Å²) in [5.74, 6) is 0.961. The molecule has 4 N–H and O–H groups in total. The summed E-state index contributed by atoms with van der Waals surface area (Å²) in [5.41, 5.74) is 0. The lowest BCUT2D eigenvalue weighted by Crippen LogP contribution is -2.40. The van der Waals surface area contributed by atoms with Gasteiger partial charge in [0.05, 0.1) is 18.8 Å². The van der Waals surface area contributed by atoms with E-state index >= 15 is 0 Å². The number of nitrogens with one attached hydrogen (secondary N) is 1. The molecule has 1 amide bonds. The summed E-state index contributed by atoms with van der Waals surface area (Å²) in [7, 11) is 1.99. The third-order valence-corrected chi connectivity index (χ3v) is 6.19. The van der Waals surface area contributed by atoms with E-state index in [1.807, 2.05) is 11.9 Å². The molecule has 0 aromatic carbocycles. The lowest BCUT2D eigenvalue weighted by molar-refractivity contribution is -0.132. The summed E-state index contributed by atoms with van der Waals surface area (Å²) in [4.78, 5) is 16.9. The van der Waals surface area contributed by atoms with E-state index in [9.17, 15) is 15.0 Å². The topological polar surface area (TPSA) is 96.3 Å². The number of aliphatic hydroxyl groups excluding tert-OH is 3. The molecule has 0 aromatic heterocycles. The Morgan fingerprint density at radius 1 is 1.07 bits per heavy atom. The molecule has 1 rings (SSSR count). The number of unbranched alkanes of at least 4 members (excludes halogenated alkanes) is 3. The molecule has 1 saturated heterocycles. The summed E-state index contributed by atoms with van der Waals surface area (Å²) in [6.07, 6.45) is 7.74. The highest BCUT2D eigenvalue weighted by Crippen LogP contribution is 2.17. The number of rotatable bonds is 17. The van der Waals surface area contributed by atoms with Crippen LogP contribution in [0, 0.1) is 5.92 Å². The average molecular weight is 430 g/mol. The Kier molecular flexibility index (Phi) is 15.4. The van der Waals surface area contributed by atoms with E-state index in [2.05, 4.69) is 17.1 Å². The standard InChI is InChI=1S/C23H47N3O4/c1-3-4-5-6-12-25(14-11-21(28)17-22(29)19-27)13-7-8-23(30)26-15-9-20(10-16-26)18-24-2/h20-22,24,27-29H,3-19H2,1-2H3/t21-,22+/m1/s1. The molecule has 0 aliphatic carbocycles. The molecule has 7 heteroatoms. The summed E-state index contributed by atoms with van der Waals surface area (Å²) in [6.45, 7) is 7.30. The predicted octanol–water partition coefficient (Wildman–Crippen LogP) is 1.60. The zero-order chi connectivity index (χ0) is 22.2. The van der Waals surface area contributed by atoms with Gasteiger partial charge < -0.3 is 30.4 Å². The number of carbonyl (C=O) groups is 1. The first kappa shape index (κ1) is 27.3. The maximum absolute atomic E-state index is 12.6. The third kappa shape index (κ3) is 12.2. The lowest BCUT2D eigenvalue weighted by atomic mass is 9.96. The summed E-state index contributed by atoms with van der Waals surface area (Å²) < 4.78 is 0. The Morgan fingerprint density at radius 2 is 1.77 bits per heavy atom. The second-order valence-corrected chi connectivity index (χ2v) is 8.90. The number of aliphatic hydroxyl groups is 3. The van der Waals surface area contributed by atoms with E-state index in [0.29, 0.717) is 18.8 Å². The fourth-order valence-electron chi connectivity index (χ4n) is 4.22. The van der Waals surface area contributed by atoms with Crippen LogP contribution in [0.15, 0.2) is 0 Å². The van der Waals surface area contributed by atoms with Crippen molar-refractivity contribution in [2.24, 2.45) is 5.92 Å². The van der Waals surface area contributed by atoms with E-state index < -0.39 is 12.2 Å². The van der Waals surface area contributed by atoms with E-state index in [0.717, 1.165) is 65.0 Å². The van der Waals surface area contributed by atoms with Crippen LogP contribution >= 0.6 is 0 Å². The van der Waals surface area contributed by atoms with Gasteiger partial charge in [0, 0.05) is 32.5 Å². The maximum Gasteiger partial charge on any atom is 0.222 e. The molecule has 2 atom stereocenters. The number of hydrogen-bond donors (Lipinski definition) is 4. The highest BCUT2D eigenvalue weighted by atomic mass is 16.3. The molecule has 0 saturated carbocycles. The van der Waals surface area contributed by atoms with Crippen molar-refractivity contribution in [3.05, 3.63) is 0 Å². The zero-order valence-electron chi connectivity index (χ0n) is 19.4. The van der Waals surface area contributed by atoms with Crippen LogP contribution in [0.1, 0.15) is 71.1 Å². The van der Waals surface area contributed by atoms with Gasteiger partial charge in [-0.25, -0.2) is 0 Å². The molecule has 1 fully saturated rings. The molecular formula is C23H47N3O4. The molecular weight excluding hydrogens is 382 g/mol. The number of carbonyl (C=O) groups excluding carboxylic acids is 1.